The van der Waals surface area contributed by atoms with Crippen molar-refractivity contribution in [1.82, 2.24) is 9.97 Å². The van der Waals surface area contributed by atoms with Crippen molar-refractivity contribution in [2.45, 2.75) is 38.5 Å². The predicted octanol–water partition coefficient (Wildman–Crippen LogP) is 13.9. The van der Waals surface area contributed by atoms with E-state index in [2.05, 4.69) is 131 Å². The van der Waals surface area contributed by atoms with E-state index in [0.29, 0.717) is 11.5 Å². The van der Waals surface area contributed by atoms with Crippen LogP contribution >= 0.6 is 0 Å². The Balaban J connectivity index is 1.04. The molecule has 10 aromatic rings. The topological polar surface area (TPSA) is 52.1 Å². The number of hydrogen-bond donors (Lipinski definition) is 0. The van der Waals surface area contributed by atoms with Crippen LogP contribution in [0.1, 0.15) is 49.9 Å². The first-order valence-electron chi connectivity index (χ1n) is 19.4. The van der Waals surface area contributed by atoms with Crippen LogP contribution < -0.4 is 0 Å². The highest BCUT2D eigenvalue weighted by Crippen LogP contribution is 2.57. The van der Waals surface area contributed by atoms with Crippen LogP contribution in [0.3, 0.4) is 0 Å². The van der Waals surface area contributed by atoms with Gasteiger partial charge in [0.15, 0.2) is 5.82 Å². The van der Waals surface area contributed by atoms with Gasteiger partial charge in [-0.15, -0.1) is 0 Å². The van der Waals surface area contributed by atoms with Gasteiger partial charge in [0.25, 0.3) is 0 Å². The molecule has 3 aromatic heterocycles. The Labute approximate surface area is 324 Å². The number of nitrogens with zero attached hydrogens (tertiary/aromatic N) is 2. The minimum absolute atomic E-state index is 0.0738. The third-order valence-corrected chi connectivity index (χ3v) is 12.7. The Bertz CT molecular complexity index is 3310. The van der Waals surface area contributed by atoms with Gasteiger partial charge in [0.05, 0.1) is 16.6 Å². The molecule has 4 nitrogen and oxygen atoms in total. The number of benzene rings is 7. The van der Waals surface area contributed by atoms with Gasteiger partial charge in [-0.1, -0.05) is 137 Å². The fourth-order valence-corrected chi connectivity index (χ4v) is 9.91. The van der Waals surface area contributed by atoms with Gasteiger partial charge >= 0.3 is 0 Å². The van der Waals surface area contributed by atoms with Crippen molar-refractivity contribution >= 4 is 44.0 Å². The summed E-state index contributed by atoms with van der Waals surface area (Å²) >= 11 is 0. The lowest BCUT2D eigenvalue weighted by molar-refractivity contribution is 0.652. The number of fused-ring (bicyclic) bond motifs is 12. The lowest BCUT2D eigenvalue weighted by Crippen LogP contribution is -2.16. The van der Waals surface area contributed by atoms with Crippen LogP contribution in [-0.2, 0) is 10.8 Å². The van der Waals surface area contributed by atoms with Crippen LogP contribution in [0.4, 0.5) is 0 Å². The SMILES string of the molecule is CC1(C)c2ccccc2-c2cc3c(cc21)-c1c(-c2ccc4oc5c(-c6nc(-c7ccccc7)c7c(n6)oc6ccccc67)cccc5c4c2)cccc1C3(C)C. The van der Waals surface area contributed by atoms with E-state index in [0.717, 1.165) is 55.1 Å². The quantitative estimate of drug-likeness (QED) is 0.182. The molecule has 0 aliphatic heterocycles. The maximum atomic E-state index is 6.72. The number of hydrogen-bond acceptors (Lipinski definition) is 4. The zero-order chi connectivity index (χ0) is 37.5. The number of para-hydroxylation sites is 2. The van der Waals surface area contributed by atoms with E-state index in [9.17, 15) is 0 Å². The fourth-order valence-electron chi connectivity index (χ4n) is 9.91. The zero-order valence-electron chi connectivity index (χ0n) is 31.6. The summed E-state index contributed by atoms with van der Waals surface area (Å²) in [5.74, 6) is 0.567. The van der Waals surface area contributed by atoms with Crippen LogP contribution in [-0.4, -0.2) is 9.97 Å². The van der Waals surface area contributed by atoms with Crippen LogP contribution in [0.5, 0.6) is 0 Å². The van der Waals surface area contributed by atoms with Crippen LogP contribution in [0.25, 0.3) is 100 Å². The van der Waals surface area contributed by atoms with Crippen molar-refractivity contribution in [3.05, 3.63) is 168 Å². The highest BCUT2D eigenvalue weighted by molar-refractivity contribution is 6.13. The molecule has 0 bridgehead atoms. The second kappa shape index (κ2) is 10.9. The van der Waals surface area contributed by atoms with Crippen molar-refractivity contribution < 1.29 is 8.83 Å². The summed E-state index contributed by atoms with van der Waals surface area (Å²) in [5.41, 5.74) is 18.8. The van der Waals surface area contributed by atoms with Crippen LogP contribution in [0.15, 0.2) is 154 Å². The van der Waals surface area contributed by atoms with Crippen LogP contribution in [0.2, 0.25) is 0 Å². The largest absolute Gasteiger partial charge is 0.455 e. The molecule has 0 atom stereocenters. The zero-order valence-corrected chi connectivity index (χ0v) is 31.6. The molecule has 0 fully saturated rings. The smallest absolute Gasteiger partial charge is 0.231 e. The Morgan fingerprint density at radius 1 is 0.429 bits per heavy atom. The van der Waals surface area contributed by atoms with Gasteiger partial charge in [0.2, 0.25) is 5.71 Å². The summed E-state index contributed by atoms with van der Waals surface area (Å²) < 4.78 is 13.1. The normalized spacial score (nSPS) is 14.7. The molecule has 0 spiro atoms. The van der Waals surface area contributed by atoms with Gasteiger partial charge in [-0.25, -0.2) is 4.98 Å². The molecule has 56 heavy (non-hydrogen) atoms. The van der Waals surface area contributed by atoms with Crippen molar-refractivity contribution in [3.63, 3.8) is 0 Å². The maximum Gasteiger partial charge on any atom is 0.231 e. The summed E-state index contributed by atoms with van der Waals surface area (Å²) in [6.07, 6.45) is 0. The highest BCUT2D eigenvalue weighted by Gasteiger charge is 2.42. The number of rotatable bonds is 3. The standard InChI is InChI=1S/C52H36N2O2/c1-51(2)39-21-10-8-16-32(39)36-27-42-38(28-41(36)51)45-31(18-13-22-40(45)52(42,3)4)30-24-25-44-37(26-30)33-19-12-20-35(48(33)55-44)49-53-47(29-14-6-5-7-15-29)46-34-17-9-11-23-43(34)56-50(46)54-49/h5-28H,1-4H3. The fraction of sp³-hybridized carbons (Fsp3) is 0.115. The lowest BCUT2D eigenvalue weighted by Gasteiger charge is -2.24. The molecule has 4 heteroatoms. The van der Waals surface area contributed by atoms with E-state index in [4.69, 9.17) is 18.8 Å². The highest BCUT2D eigenvalue weighted by atomic mass is 16.3. The van der Waals surface area contributed by atoms with Gasteiger partial charge in [-0.3, -0.25) is 0 Å². The summed E-state index contributed by atoms with van der Waals surface area (Å²) in [4.78, 5) is 10.3. The summed E-state index contributed by atoms with van der Waals surface area (Å²) in [5, 5.41) is 4.00. The van der Waals surface area contributed by atoms with E-state index in [1.807, 2.05) is 42.5 Å². The monoisotopic (exact) mass is 720 g/mol. The van der Waals surface area contributed by atoms with Gasteiger partial charge in [-0.05, 0) is 92.0 Å². The molecule has 2 aliphatic rings. The van der Waals surface area contributed by atoms with Crippen molar-refractivity contribution in [2.24, 2.45) is 0 Å². The predicted molar refractivity (Wildman–Crippen MR) is 228 cm³/mol. The Morgan fingerprint density at radius 2 is 1.09 bits per heavy atom. The Kier molecular flexibility index (Phi) is 6.15. The van der Waals surface area contributed by atoms with E-state index in [1.165, 1.54) is 55.6 Å². The molecule has 0 N–H and O–H groups in total. The second-order valence-electron chi connectivity index (χ2n) is 16.5. The van der Waals surface area contributed by atoms with E-state index < -0.39 is 0 Å². The van der Waals surface area contributed by atoms with Crippen molar-refractivity contribution in [3.8, 4) is 56.0 Å². The molecule has 0 saturated heterocycles. The minimum Gasteiger partial charge on any atom is -0.455 e. The number of furan rings is 2. The third-order valence-electron chi connectivity index (χ3n) is 12.7. The first-order chi connectivity index (χ1) is 27.3. The first kappa shape index (κ1) is 31.6. The van der Waals surface area contributed by atoms with Gasteiger partial charge in [0, 0.05) is 32.6 Å². The van der Waals surface area contributed by atoms with E-state index in [-0.39, 0.29) is 10.8 Å². The molecule has 0 amide bonds. The molecule has 0 saturated carbocycles. The molecule has 12 rings (SSSR count). The average Bonchev–Trinajstić information content (AvgIpc) is 3.92. The van der Waals surface area contributed by atoms with Gasteiger partial charge < -0.3 is 8.83 Å². The number of aromatic nitrogens is 2. The molecule has 0 radical (unpaired) electrons. The van der Waals surface area contributed by atoms with Gasteiger partial charge in [-0.2, -0.15) is 4.98 Å². The van der Waals surface area contributed by atoms with Gasteiger partial charge in [0.1, 0.15) is 16.7 Å². The molecular weight excluding hydrogens is 685 g/mol. The summed E-state index contributed by atoms with van der Waals surface area (Å²) in [6, 6.07) is 52.0. The van der Waals surface area contributed by atoms with Crippen molar-refractivity contribution in [1.29, 1.82) is 0 Å². The van der Waals surface area contributed by atoms with Crippen LogP contribution in [0, 0.1) is 0 Å². The minimum atomic E-state index is -0.141. The third kappa shape index (κ3) is 4.13. The first-order valence-corrected chi connectivity index (χ1v) is 19.4. The lowest BCUT2D eigenvalue weighted by atomic mass is 9.79. The summed E-state index contributed by atoms with van der Waals surface area (Å²) in [6.45, 7) is 9.49. The molecule has 0 unspecified atom stereocenters. The van der Waals surface area contributed by atoms with Crippen molar-refractivity contribution in [2.75, 3.05) is 0 Å². The molecule has 266 valence electrons. The second-order valence-corrected chi connectivity index (χ2v) is 16.5. The molecule has 3 heterocycles. The Morgan fingerprint density at radius 3 is 1.98 bits per heavy atom. The van der Waals surface area contributed by atoms with E-state index >= 15 is 0 Å². The maximum absolute atomic E-state index is 6.72. The average molecular weight is 721 g/mol. The Hall–Kier alpha value is -6.78. The molecule has 2 aliphatic carbocycles. The molecule has 7 aromatic carbocycles. The summed E-state index contributed by atoms with van der Waals surface area (Å²) in [7, 11) is 0. The van der Waals surface area contributed by atoms with E-state index in [1.54, 1.807) is 0 Å². The molecular formula is C52H36N2O2.